The summed E-state index contributed by atoms with van der Waals surface area (Å²) in [5.74, 6) is 0. The molecule has 0 unspecified atom stereocenters. The molecule has 0 spiro atoms. The number of allylic oxidation sites excluding steroid dienone is 3. The van der Waals surface area contributed by atoms with Crippen molar-refractivity contribution in [1.82, 2.24) is 9.55 Å². The Morgan fingerprint density at radius 2 is 2.38 bits per heavy atom. The predicted molar refractivity (Wildman–Crippen MR) is 52.6 cm³/mol. The van der Waals surface area contributed by atoms with Crippen LogP contribution in [0.5, 0.6) is 0 Å². The highest BCUT2D eigenvalue weighted by atomic mass is 16.1. The Balaban J connectivity index is 2.62. The van der Waals surface area contributed by atoms with E-state index in [-0.39, 0.29) is 5.69 Å². The SMILES string of the molecule is CCn1c2c([nH]c1=O)CC=CC=C2. The van der Waals surface area contributed by atoms with E-state index in [1.165, 1.54) is 0 Å². The molecule has 0 aliphatic heterocycles. The predicted octanol–water partition coefficient (Wildman–Crippen LogP) is 1.32. The van der Waals surface area contributed by atoms with Crippen LogP contribution in [0.25, 0.3) is 6.08 Å². The van der Waals surface area contributed by atoms with Gasteiger partial charge in [0.1, 0.15) is 0 Å². The van der Waals surface area contributed by atoms with Crippen LogP contribution in [-0.2, 0) is 13.0 Å². The van der Waals surface area contributed by atoms with Gasteiger partial charge in [-0.05, 0) is 13.0 Å². The largest absolute Gasteiger partial charge is 0.326 e. The van der Waals surface area contributed by atoms with Gasteiger partial charge in [0.2, 0.25) is 0 Å². The van der Waals surface area contributed by atoms with Crippen LogP contribution in [0.2, 0.25) is 0 Å². The van der Waals surface area contributed by atoms with Crippen molar-refractivity contribution >= 4 is 6.08 Å². The van der Waals surface area contributed by atoms with Crippen molar-refractivity contribution in [1.29, 1.82) is 0 Å². The monoisotopic (exact) mass is 176 g/mol. The summed E-state index contributed by atoms with van der Waals surface area (Å²) in [6.45, 7) is 2.69. The normalized spacial score (nSPS) is 14.2. The molecule has 3 heteroatoms. The van der Waals surface area contributed by atoms with Gasteiger partial charge in [0, 0.05) is 18.7 Å². The second kappa shape index (κ2) is 3.09. The lowest BCUT2D eigenvalue weighted by atomic mass is 10.2. The first-order chi connectivity index (χ1) is 6.33. The minimum atomic E-state index is -0.00699. The fourth-order valence-corrected chi connectivity index (χ4v) is 1.60. The molecule has 68 valence electrons. The molecule has 0 atom stereocenters. The van der Waals surface area contributed by atoms with Crippen LogP contribution < -0.4 is 5.69 Å². The Kier molecular flexibility index (Phi) is 1.93. The quantitative estimate of drug-likeness (QED) is 0.688. The lowest BCUT2D eigenvalue weighted by molar-refractivity contribution is 0.723. The van der Waals surface area contributed by atoms with E-state index in [1.807, 2.05) is 31.2 Å². The maximum atomic E-state index is 11.4. The first-order valence-electron chi connectivity index (χ1n) is 4.48. The standard InChI is InChI=1S/C10H12N2O/c1-2-12-9-7-5-3-4-6-8(9)11-10(12)13/h3-5,7H,2,6H2,1H3,(H,11,13). The Morgan fingerprint density at radius 1 is 1.54 bits per heavy atom. The van der Waals surface area contributed by atoms with E-state index in [0.29, 0.717) is 0 Å². The molecule has 0 bridgehead atoms. The van der Waals surface area contributed by atoms with Crippen molar-refractivity contribution in [3.8, 4) is 0 Å². The number of imidazole rings is 1. The number of nitrogens with one attached hydrogen (secondary N) is 1. The minimum absolute atomic E-state index is 0.00699. The van der Waals surface area contributed by atoms with Gasteiger partial charge in [-0.2, -0.15) is 0 Å². The van der Waals surface area contributed by atoms with Gasteiger partial charge in [0.05, 0.1) is 5.69 Å². The van der Waals surface area contributed by atoms with Gasteiger partial charge in [-0.25, -0.2) is 4.79 Å². The average Bonchev–Trinajstić information content (AvgIpc) is 2.32. The number of rotatable bonds is 1. The maximum Gasteiger partial charge on any atom is 0.326 e. The Bertz CT molecular complexity index is 421. The number of nitrogens with zero attached hydrogens (tertiary/aromatic N) is 1. The summed E-state index contributed by atoms with van der Waals surface area (Å²) >= 11 is 0. The van der Waals surface area contributed by atoms with E-state index in [0.717, 1.165) is 24.4 Å². The lowest BCUT2D eigenvalue weighted by Crippen LogP contribution is -2.16. The Hall–Kier alpha value is -1.51. The zero-order valence-electron chi connectivity index (χ0n) is 7.58. The van der Waals surface area contributed by atoms with Gasteiger partial charge in [0.15, 0.2) is 0 Å². The summed E-state index contributed by atoms with van der Waals surface area (Å²) in [6.07, 6.45) is 8.78. The molecule has 1 aromatic heterocycles. The van der Waals surface area contributed by atoms with Crippen LogP contribution >= 0.6 is 0 Å². The van der Waals surface area contributed by atoms with Crippen molar-refractivity contribution in [2.24, 2.45) is 0 Å². The van der Waals surface area contributed by atoms with Gasteiger partial charge >= 0.3 is 5.69 Å². The van der Waals surface area contributed by atoms with Crippen molar-refractivity contribution in [2.75, 3.05) is 0 Å². The number of fused-ring (bicyclic) bond motifs is 1. The van der Waals surface area contributed by atoms with Crippen LogP contribution in [0, 0.1) is 0 Å². The minimum Gasteiger partial charge on any atom is -0.309 e. The molecule has 0 saturated heterocycles. The molecule has 0 amide bonds. The molecule has 1 N–H and O–H groups in total. The topological polar surface area (TPSA) is 37.8 Å². The molecule has 0 aromatic carbocycles. The van der Waals surface area contributed by atoms with Crippen LogP contribution in [0.3, 0.4) is 0 Å². The van der Waals surface area contributed by atoms with E-state index < -0.39 is 0 Å². The Labute approximate surface area is 76.4 Å². The number of aromatic amines is 1. The summed E-state index contributed by atoms with van der Waals surface area (Å²) in [7, 11) is 0. The second-order valence-electron chi connectivity index (χ2n) is 3.03. The molecule has 0 fully saturated rings. The van der Waals surface area contributed by atoms with E-state index >= 15 is 0 Å². The smallest absolute Gasteiger partial charge is 0.309 e. The summed E-state index contributed by atoms with van der Waals surface area (Å²) in [4.78, 5) is 14.3. The third kappa shape index (κ3) is 1.26. The summed E-state index contributed by atoms with van der Waals surface area (Å²) in [5.41, 5.74) is 2.02. The number of H-pyrrole nitrogens is 1. The van der Waals surface area contributed by atoms with E-state index in [9.17, 15) is 4.79 Å². The third-order valence-electron chi connectivity index (χ3n) is 2.24. The molecule has 13 heavy (non-hydrogen) atoms. The van der Waals surface area contributed by atoms with Gasteiger partial charge in [-0.15, -0.1) is 0 Å². The van der Waals surface area contributed by atoms with Crippen LogP contribution in [0.4, 0.5) is 0 Å². The summed E-state index contributed by atoms with van der Waals surface area (Å²) in [5, 5.41) is 0. The fraction of sp³-hybridized carbons (Fsp3) is 0.300. The van der Waals surface area contributed by atoms with Crippen LogP contribution in [0.1, 0.15) is 18.3 Å². The third-order valence-corrected chi connectivity index (χ3v) is 2.24. The highest BCUT2D eigenvalue weighted by molar-refractivity contribution is 5.52. The van der Waals surface area contributed by atoms with E-state index in [4.69, 9.17) is 0 Å². The molecular weight excluding hydrogens is 164 g/mol. The lowest BCUT2D eigenvalue weighted by Gasteiger charge is -1.99. The number of hydrogen-bond donors (Lipinski definition) is 1. The molecule has 1 aromatic rings. The average molecular weight is 176 g/mol. The first-order valence-corrected chi connectivity index (χ1v) is 4.48. The van der Waals surface area contributed by atoms with Crippen LogP contribution in [-0.4, -0.2) is 9.55 Å². The van der Waals surface area contributed by atoms with Crippen LogP contribution in [0.15, 0.2) is 23.0 Å². The molecule has 1 heterocycles. The summed E-state index contributed by atoms with van der Waals surface area (Å²) in [6, 6.07) is 0. The van der Waals surface area contributed by atoms with Gasteiger partial charge in [-0.3, -0.25) is 4.57 Å². The highest BCUT2D eigenvalue weighted by Crippen LogP contribution is 2.11. The van der Waals surface area contributed by atoms with E-state index in [1.54, 1.807) is 4.57 Å². The molecular formula is C10H12N2O. The molecule has 1 aliphatic rings. The zero-order valence-corrected chi connectivity index (χ0v) is 7.58. The van der Waals surface area contributed by atoms with Crippen molar-refractivity contribution in [3.05, 3.63) is 40.1 Å². The zero-order chi connectivity index (χ0) is 9.26. The van der Waals surface area contributed by atoms with Crippen molar-refractivity contribution in [3.63, 3.8) is 0 Å². The van der Waals surface area contributed by atoms with Gasteiger partial charge < -0.3 is 4.98 Å². The molecule has 2 rings (SSSR count). The highest BCUT2D eigenvalue weighted by Gasteiger charge is 2.09. The molecule has 1 aliphatic carbocycles. The fourth-order valence-electron chi connectivity index (χ4n) is 1.60. The van der Waals surface area contributed by atoms with Gasteiger partial charge in [-0.1, -0.05) is 18.2 Å². The van der Waals surface area contributed by atoms with Gasteiger partial charge in [0.25, 0.3) is 0 Å². The second-order valence-corrected chi connectivity index (χ2v) is 3.03. The van der Waals surface area contributed by atoms with Crippen molar-refractivity contribution in [2.45, 2.75) is 19.9 Å². The number of hydrogen-bond acceptors (Lipinski definition) is 1. The van der Waals surface area contributed by atoms with Crippen molar-refractivity contribution < 1.29 is 0 Å². The maximum absolute atomic E-state index is 11.4. The van der Waals surface area contributed by atoms with E-state index in [2.05, 4.69) is 4.98 Å². The Morgan fingerprint density at radius 3 is 3.15 bits per heavy atom. The number of aromatic nitrogens is 2. The molecule has 0 saturated carbocycles. The molecule has 0 radical (unpaired) electrons. The molecule has 3 nitrogen and oxygen atoms in total. The first kappa shape index (κ1) is 8.10. The summed E-state index contributed by atoms with van der Waals surface area (Å²) < 4.78 is 1.75.